The second-order valence-corrected chi connectivity index (χ2v) is 7.20. The van der Waals surface area contributed by atoms with Crippen LogP contribution >= 0.6 is 0 Å². The first kappa shape index (κ1) is 23.0. The number of carbonyl (C=O) groups excluding carboxylic acids is 4. The number of benzene rings is 2. The largest absolute Gasteiger partial charge is 0.452 e. The van der Waals surface area contributed by atoms with Crippen LogP contribution in [0.5, 0.6) is 0 Å². The second-order valence-electron chi connectivity index (χ2n) is 7.20. The number of nitrogens with zero attached hydrogens (tertiary/aromatic N) is 1. The van der Waals surface area contributed by atoms with E-state index in [2.05, 4.69) is 5.32 Å². The lowest BCUT2D eigenvalue weighted by Crippen LogP contribution is -2.37. The number of alkyl halides is 3. The third kappa shape index (κ3) is 4.63. The summed E-state index contributed by atoms with van der Waals surface area (Å²) in [7, 11) is 0. The summed E-state index contributed by atoms with van der Waals surface area (Å²) >= 11 is 0. The number of hydrogen-bond donors (Lipinski definition) is 1. The number of ether oxygens (including phenoxy) is 1. The zero-order valence-corrected chi connectivity index (χ0v) is 17.2. The second kappa shape index (κ2) is 8.81. The number of rotatable bonds is 6. The van der Waals surface area contributed by atoms with E-state index in [1.54, 1.807) is 6.92 Å². The molecule has 1 aliphatic heterocycles. The first-order valence-electron chi connectivity index (χ1n) is 9.69. The molecule has 0 aliphatic carbocycles. The summed E-state index contributed by atoms with van der Waals surface area (Å²) < 4.78 is 43.1. The SMILES string of the molecule is CCC(C)N1C(=O)c2ccc(C(=O)OCC(=O)Nc3cccc(C(F)(F)F)c3)cc2C1=O. The molecule has 168 valence electrons. The van der Waals surface area contributed by atoms with Gasteiger partial charge in [0.1, 0.15) is 0 Å². The quantitative estimate of drug-likeness (QED) is 0.535. The van der Waals surface area contributed by atoms with Crippen molar-refractivity contribution in [1.82, 2.24) is 4.90 Å². The number of halogens is 3. The number of anilines is 1. The van der Waals surface area contributed by atoms with Crippen molar-refractivity contribution in [2.75, 3.05) is 11.9 Å². The molecule has 1 heterocycles. The highest BCUT2D eigenvalue weighted by Crippen LogP contribution is 2.30. The van der Waals surface area contributed by atoms with Gasteiger partial charge < -0.3 is 10.1 Å². The number of amides is 3. The van der Waals surface area contributed by atoms with Crippen LogP contribution in [-0.4, -0.2) is 41.2 Å². The molecule has 3 amide bonds. The van der Waals surface area contributed by atoms with Crippen molar-refractivity contribution in [1.29, 1.82) is 0 Å². The summed E-state index contributed by atoms with van der Waals surface area (Å²) in [5.41, 5.74) is -0.834. The Hall–Kier alpha value is -3.69. The van der Waals surface area contributed by atoms with Crippen LogP contribution in [0.15, 0.2) is 42.5 Å². The van der Waals surface area contributed by atoms with Crippen LogP contribution in [0.25, 0.3) is 0 Å². The Balaban J connectivity index is 1.64. The van der Waals surface area contributed by atoms with Crippen LogP contribution in [0, 0.1) is 0 Å². The zero-order chi connectivity index (χ0) is 23.6. The highest BCUT2D eigenvalue weighted by Gasteiger charge is 2.38. The molecule has 0 fully saturated rings. The van der Waals surface area contributed by atoms with Crippen molar-refractivity contribution in [3.05, 3.63) is 64.7 Å². The van der Waals surface area contributed by atoms with Gasteiger partial charge in [-0.15, -0.1) is 0 Å². The maximum absolute atomic E-state index is 12.8. The molecule has 1 unspecified atom stereocenters. The van der Waals surface area contributed by atoms with E-state index in [0.29, 0.717) is 6.42 Å². The zero-order valence-electron chi connectivity index (χ0n) is 17.2. The fourth-order valence-electron chi connectivity index (χ4n) is 3.15. The third-order valence-corrected chi connectivity index (χ3v) is 4.99. The van der Waals surface area contributed by atoms with Gasteiger partial charge in [-0.3, -0.25) is 19.3 Å². The molecule has 0 saturated heterocycles. The van der Waals surface area contributed by atoms with E-state index in [1.165, 1.54) is 24.3 Å². The lowest BCUT2D eigenvalue weighted by molar-refractivity contribution is -0.137. The Kier molecular flexibility index (Phi) is 6.33. The summed E-state index contributed by atoms with van der Waals surface area (Å²) in [5, 5.41) is 2.22. The number of nitrogens with one attached hydrogen (secondary N) is 1. The standard InChI is InChI=1S/C22H19F3N2O5/c1-3-12(2)27-19(29)16-8-7-13(9-17(16)20(27)30)21(31)32-11-18(28)26-15-6-4-5-14(10-15)22(23,24)25/h4-10,12H,3,11H2,1-2H3,(H,26,28). The minimum atomic E-state index is -4.57. The molecular weight excluding hydrogens is 429 g/mol. The van der Waals surface area contributed by atoms with Gasteiger partial charge in [-0.05, 0) is 49.7 Å². The Morgan fingerprint density at radius 2 is 1.75 bits per heavy atom. The Labute approximate surface area is 181 Å². The van der Waals surface area contributed by atoms with Crippen molar-refractivity contribution in [3.8, 4) is 0 Å². The lowest BCUT2D eigenvalue weighted by Gasteiger charge is -2.20. The van der Waals surface area contributed by atoms with Crippen molar-refractivity contribution in [3.63, 3.8) is 0 Å². The van der Waals surface area contributed by atoms with E-state index in [1.807, 2.05) is 6.92 Å². The molecule has 0 bridgehead atoms. The molecule has 0 spiro atoms. The van der Waals surface area contributed by atoms with Gasteiger partial charge in [-0.2, -0.15) is 13.2 Å². The van der Waals surface area contributed by atoms with E-state index in [9.17, 15) is 32.3 Å². The smallest absolute Gasteiger partial charge is 0.416 e. The van der Waals surface area contributed by atoms with Crippen molar-refractivity contribution in [2.45, 2.75) is 32.5 Å². The van der Waals surface area contributed by atoms with E-state index < -0.39 is 42.0 Å². The van der Waals surface area contributed by atoms with E-state index in [0.717, 1.165) is 23.1 Å². The fourth-order valence-corrected chi connectivity index (χ4v) is 3.15. The minimum Gasteiger partial charge on any atom is -0.452 e. The van der Waals surface area contributed by atoms with Gasteiger partial charge >= 0.3 is 12.1 Å². The van der Waals surface area contributed by atoms with Gasteiger partial charge in [-0.25, -0.2) is 4.79 Å². The number of esters is 1. The van der Waals surface area contributed by atoms with Crippen molar-refractivity contribution in [2.24, 2.45) is 0 Å². The summed E-state index contributed by atoms with van der Waals surface area (Å²) in [5.74, 6) is -2.72. The molecule has 0 radical (unpaired) electrons. The molecule has 1 aliphatic rings. The maximum Gasteiger partial charge on any atom is 0.416 e. The van der Waals surface area contributed by atoms with Gasteiger partial charge in [0.15, 0.2) is 6.61 Å². The van der Waals surface area contributed by atoms with Gasteiger partial charge in [0.05, 0.1) is 22.3 Å². The lowest BCUT2D eigenvalue weighted by atomic mass is 10.1. The summed E-state index contributed by atoms with van der Waals surface area (Å²) in [4.78, 5) is 50.4. The molecule has 7 nitrogen and oxygen atoms in total. The first-order valence-corrected chi connectivity index (χ1v) is 9.69. The minimum absolute atomic E-state index is 0.0391. The highest BCUT2D eigenvalue weighted by atomic mass is 19.4. The molecule has 1 N–H and O–H groups in total. The molecule has 2 aromatic rings. The van der Waals surface area contributed by atoms with Crippen LogP contribution in [0.3, 0.4) is 0 Å². The van der Waals surface area contributed by atoms with Crippen LogP contribution in [-0.2, 0) is 15.7 Å². The predicted molar refractivity (Wildman–Crippen MR) is 107 cm³/mol. The van der Waals surface area contributed by atoms with Crippen molar-refractivity contribution < 1.29 is 37.1 Å². The van der Waals surface area contributed by atoms with Gasteiger partial charge in [0.25, 0.3) is 17.7 Å². The normalized spacial score (nSPS) is 14.2. The number of fused-ring (bicyclic) bond motifs is 1. The monoisotopic (exact) mass is 448 g/mol. The van der Waals surface area contributed by atoms with E-state index in [4.69, 9.17) is 4.74 Å². The van der Waals surface area contributed by atoms with Gasteiger partial charge in [-0.1, -0.05) is 13.0 Å². The molecule has 32 heavy (non-hydrogen) atoms. The van der Waals surface area contributed by atoms with E-state index in [-0.39, 0.29) is 28.4 Å². The summed E-state index contributed by atoms with van der Waals surface area (Å²) in [6, 6.07) is 7.58. The van der Waals surface area contributed by atoms with Gasteiger partial charge in [0.2, 0.25) is 0 Å². The Morgan fingerprint density at radius 3 is 2.41 bits per heavy atom. The van der Waals surface area contributed by atoms with E-state index >= 15 is 0 Å². The number of hydrogen-bond acceptors (Lipinski definition) is 5. The Morgan fingerprint density at radius 1 is 1.06 bits per heavy atom. The highest BCUT2D eigenvalue weighted by molar-refractivity contribution is 6.22. The molecule has 3 rings (SSSR count). The average Bonchev–Trinajstić information content (AvgIpc) is 3.00. The number of imide groups is 1. The van der Waals surface area contributed by atoms with Crippen LogP contribution in [0.4, 0.5) is 18.9 Å². The number of carbonyl (C=O) groups is 4. The van der Waals surface area contributed by atoms with Crippen LogP contribution < -0.4 is 5.32 Å². The summed E-state index contributed by atoms with van der Waals surface area (Å²) in [6.07, 6.45) is -3.99. The predicted octanol–water partition coefficient (Wildman–Crippen LogP) is 3.90. The molecular formula is C22H19F3N2O5. The van der Waals surface area contributed by atoms with Crippen molar-refractivity contribution >= 4 is 29.4 Å². The fraction of sp³-hybridized carbons (Fsp3) is 0.273. The first-order chi connectivity index (χ1) is 15.0. The molecule has 0 aromatic heterocycles. The molecule has 2 aromatic carbocycles. The maximum atomic E-state index is 12.8. The Bertz CT molecular complexity index is 1100. The molecule has 0 saturated carbocycles. The summed E-state index contributed by atoms with van der Waals surface area (Å²) in [6.45, 7) is 2.82. The molecule has 1 atom stereocenters. The third-order valence-electron chi connectivity index (χ3n) is 4.99. The topological polar surface area (TPSA) is 92.8 Å². The van der Waals surface area contributed by atoms with Crippen LogP contribution in [0.1, 0.15) is 56.9 Å². The van der Waals surface area contributed by atoms with Crippen LogP contribution in [0.2, 0.25) is 0 Å². The average molecular weight is 448 g/mol. The van der Waals surface area contributed by atoms with Gasteiger partial charge in [0, 0.05) is 11.7 Å². The molecule has 10 heteroatoms.